The molecule has 0 aromatic rings. The SMILES string of the molecule is CCC[NH+]([O-])C(C)(C)CC. The first-order valence-corrected chi connectivity index (χ1v) is 4.08. The van der Waals surface area contributed by atoms with Gasteiger partial charge in [0.05, 0.1) is 12.1 Å². The molecule has 0 aliphatic carbocycles. The van der Waals surface area contributed by atoms with E-state index in [4.69, 9.17) is 0 Å². The van der Waals surface area contributed by atoms with Crippen molar-refractivity contribution in [1.82, 2.24) is 0 Å². The fourth-order valence-corrected chi connectivity index (χ4v) is 0.763. The van der Waals surface area contributed by atoms with Crippen molar-refractivity contribution in [3.05, 3.63) is 5.21 Å². The van der Waals surface area contributed by atoms with Crippen LogP contribution in [0.3, 0.4) is 0 Å². The predicted molar refractivity (Wildman–Crippen MR) is 43.9 cm³/mol. The summed E-state index contributed by atoms with van der Waals surface area (Å²) in [6, 6.07) is 0. The highest BCUT2D eigenvalue weighted by Gasteiger charge is 2.20. The fraction of sp³-hybridized carbons (Fsp3) is 1.00. The summed E-state index contributed by atoms with van der Waals surface area (Å²) in [5.41, 5.74) is -0.0873. The van der Waals surface area contributed by atoms with Crippen molar-refractivity contribution in [2.75, 3.05) is 6.54 Å². The smallest absolute Gasteiger partial charge is 0.0914 e. The minimum absolute atomic E-state index is 0.0873. The molecule has 0 rings (SSSR count). The normalized spacial score (nSPS) is 15.3. The molecule has 0 aromatic heterocycles. The average molecular weight is 145 g/mol. The molecule has 2 nitrogen and oxygen atoms in total. The largest absolute Gasteiger partial charge is 0.634 e. The van der Waals surface area contributed by atoms with E-state index >= 15 is 0 Å². The molecule has 1 N–H and O–H groups in total. The molecule has 1 unspecified atom stereocenters. The van der Waals surface area contributed by atoms with Crippen molar-refractivity contribution < 1.29 is 5.06 Å². The van der Waals surface area contributed by atoms with Gasteiger partial charge in [0.2, 0.25) is 0 Å². The van der Waals surface area contributed by atoms with Gasteiger partial charge in [-0.05, 0) is 26.7 Å². The van der Waals surface area contributed by atoms with Gasteiger partial charge in [0, 0.05) is 0 Å². The highest BCUT2D eigenvalue weighted by Crippen LogP contribution is 2.00. The Hall–Kier alpha value is -0.0800. The van der Waals surface area contributed by atoms with Gasteiger partial charge in [-0.15, -0.1) is 0 Å². The highest BCUT2D eigenvalue weighted by atomic mass is 16.5. The van der Waals surface area contributed by atoms with Crippen LogP contribution in [0.4, 0.5) is 0 Å². The second kappa shape index (κ2) is 3.94. The third kappa shape index (κ3) is 2.67. The first-order valence-electron chi connectivity index (χ1n) is 4.08. The third-order valence-corrected chi connectivity index (χ3v) is 2.12. The van der Waals surface area contributed by atoms with E-state index in [1.54, 1.807) is 0 Å². The van der Waals surface area contributed by atoms with Crippen LogP contribution < -0.4 is 5.06 Å². The molecule has 62 valence electrons. The molecule has 1 atom stereocenters. The van der Waals surface area contributed by atoms with Gasteiger partial charge < -0.3 is 10.3 Å². The molecule has 0 saturated carbocycles. The minimum atomic E-state index is -0.0873. The minimum Gasteiger partial charge on any atom is -0.634 e. The Balaban J connectivity index is 3.78. The van der Waals surface area contributed by atoms with Gasteiger partial charge in [-0.25, -0.2) is 0 Å². The lowest BCUT2D eigenvalue weighted by molar-refractivity contribution is -0.901. The molecule has 0 aromatic carbocycles. The van der Waals surface area contributed by atoms with Crippen molar-refractivity contribution in [2.24, 2.45) is 0 Å². The van der Waals surface area contributed by atoms with Gasteiger partial charge in [-0.1, -0.05) is 13.8 Å². The van der Waals surface area contributed by atoms with Gasteiger partial charge in [0.25, 0.3) is 0 Å². The zero-order valence-electron chi connectivity index (χ0n) is 7.53. The molecule has 0 radical (unpaired) electrons. The molecule has 10 heavy (non-hydrogen) atoms. The van der Waals surface area contributed by atoms with Crippen molar-refractivity contribution in [2.45, 2.75) is 46.1 Å². The van der Waals surface area contributed by atoms with E-state index in [2.05, 4.69) is 6.92 Å². The van der Waals surface area contributed by atoms with Crippen LogP contribution in [-0.2, 0) is 0 Å². The van der Waals surface area contributed by atoms with Crippen LogP contribution in [0, 0.1) is 5.21 Å². The summed E-state index contributed by atoms with van der Waals surface area (Å²) in [7, 11) is 0. The molecule has 0 bridgehead atoms. The van der Waals surface area contributed by atoms with Crippen LogP contribution in [0.2, 0.25) is 0 Å². The van der Waals surface area contributed by atoms with Gasteiger partial charge in [-0.2, -0.15) is 0 Å². The molecular formula is C8H19NO. The molecule has 0 spiro atoms. The Morgan fingerprint density at radius 1 is 1.30 bits per heavy atom. The van der Waals surface area contributed by atoms with Crippen LogP contribution in [0.1, 0.15) is 40.5 Å². The number of nitrogens with one attached hydrogen (secondary N) is 1. The van der Waals surface area contributed by atoms with Crippen molar-refractivity contribution in [3.63, 3.8) is 0 Å². The van der Waals surface area contributed by atoms with Crippen LogP contribution in [0.5, 0.6) is 0 Å². The molecule has 0 aliphatic rings. The molecule has 0 aliphatic heterocycles. The van der Waals surface area contributed by atoms with Crippen LogP contribution in [0.15, 0.2) is 0 Å². The summed E-state index contributed by atoms with van der Waals surface area (Å²) in [6.07, 6.45) is 1.92. The van der Waals surface area contributed by atoms with Crippen LogP contribution in [0.25, 0.3) is 0 Å². The molecule has 0 heterocycles. The average Bonchev–Trinajstić information content (AvgIpc) is 1.89. The van der Waals surface area contributed by atoms with E-state index in [-0.39, 0.29) is 5.54 Å². The van der Waals surface area contributed by atoms with Crippen molar-refractivity contribution in [3.8, 4) is 0 Å². The van der Waals surface area contributed by atoms with Crippen LogP contribution >= 0.6 is 0 Å². The zero-order chi connectivity index (χ0) is 8.20. The topological polar surface area (TPSA) is 27.5 Å². The Labute approximate surface area is 63.8 Å². The lowest BCUT2D eigenvalue weighted by Crippen LogP contribution is -3.15. The standard InChI is InChI=1S/C8H19NO/c1-5-7-9(10)8(3,4)6-2/h9H,5-7H2,1-4H3. The molecule has 0 saturated heterocycles. The van der Waals surface area contributed by atoms with E-state index in [9.17, 15) is 5.21 Å². The first kappa shape index (κ1) is 9.92. The quantitative estimate of drug-likeness (QED) is 0.586. The van der Waals surface area contributed by atoms with E-state index in [1.165, 1.54) is 0 Å². The highest BCUT2D eigenvalue weighted by molar-refractivity contribution is 4.62. The van der Waals surface area contributed by atoms with E-state index < -0.39 is 0 Å². The number of rotatable bonds is 4. The molecule has 0 fully saturated rings. The Bertz CT molecular complexity index is 91.3. The van der Waals surface area contributed by atoms with E-state index in [0.29, 0.717) is 5.06 Å². The van der Waals surface area contributed by atoms with Crippen LogP contribution in [-0.4, -0.2) is 12.1 Å². The van der Waals surface area contributed by atoms with E-state index in [1.807, 2.05) is 20.8 Å². The Kier molecular flexibility index (Phi) is 3.91. The Morgan fingerprint density at radius 2 is 1.80 bits per heavy atom. The summed E-state index contributed by atoms with van der Waals surface area (Å²) in [5, 5.41) is 11.7. The van der Waals surface area contributed by atoms with Gasteiger partial charge in [-0.3, -0.25) is 0 Å². The number of quaternary nitrogens is 1. The second-order valence-corrected chi connectivity index (χ2v) is 3.41. The predicted octanol–water partition coefficient (Wildman–Crippen LogP) is 0.968. The fourth-order valence-electron chi connectivity index (χ4n) is 0.763. The van der Waals surface area contributed by atoms with Crippen molar-refractivity contribution >= 4 is 0 Å². The summed E-state index contributed by atoms with van der Waals surface area (Å²) in [4.78, 5) is 0. The maximum atomic E-state index is 11.3. The maximum absolute atomic E-state index is 11.3. The van der Waals surface area contributed by atoms with E-state index in [0.717, 1.165) is 19.4 Å². The monoisotopic (exact) mass is 145 g/mol. The number of hydrogen-bond acceptors (Lipinski definition) is 1. The summed E-state index contributed by atoms with van der Waals surface area (Å²) >= 11 is 0. The number of hydrogen-bond donors (Lipinski definition) is 1. The first-order chi connectivity index (χ1) is 4.54. The third-order valence-electron chi connectivity index (χ3n) is 2.12. The molecular weight excluding hydrogens is 126 g/mol. The lowest BCUT2D eigenvalue weighted by atomic mass is 10.0. The van der Waals surface area contributed by atoms with Gasteiger partial charge in [0.1, 0.15) is 0 Å². The number of hydroxylamine groups is 2. The van der Waals surface area contributed by atoms with Crippen molar-refractivity contribution in [1.29, 1.82) is 0 Å². The summed E-state index contributed by atoms with van der Waals surface area (Å²) in [5.74, 6) is 0. The van der Waals surface area contributed by atoms with Gasteiger partial charge in [0.15, 0.2) is 0 Å². The van der Waals surface area contributed by atoms with Gasteiger partial charge >= 0.3 is 0 Å². The molecule has 2 heteroatoms. The maximum Gasteiger partial charge on any atom is 0.0914 e. The lowest BCUT2D eigenvalue weighted by Gasteiger charge is -2.37. The summed E-state index contributed by atoms with van der Waals surface area (Å²) < 4.78 is 0. The second-order valence-electron chi connectivity index (χ2n) is 3.41. The Morgan fingerprint density at radius 3 is 2.10 bits per heavy atom. The summed E-state index contributed by atoms with van der Waals surface area (Å²) in [6.45, 7) is 8.88. The zero-order valence-corrected chi connectivity index (χ0v) is 7.53. The molecule has 0 amide bonds.